The molecule has 0 unspecified atom stereocenters. The van der Waals surface area contributed by atoms with Crippen LogP contribution in [-0.4, -0.2) is 59.5 Å². The summed E-state index contributed by atoms with van der Waals surface area (Å²) in [6, 6.07) is 5.94. The number of carbonyl (C=O) groups excluding carboxylic acids is 1. The van der Waals surface area contributed by atoms with E-state index in [2.05, 4.69) is 14.9 Å². The molecule has 1 aromatic heterocycles. The number of nitrogens with two attached hydrogens (primary N) is 1. The minimum atomic E-state index is -0.487. The van der Waals surface area contributed by atoms with Crippen LogP contribution >= 0.6 is 11.6 Å². The zero-order valence-electron chi connectivity index (χ0n) is 16.5. The van der Waals surface area contributed by atoms with E-state index in [0.29, 0.717) is 18.9 Å². The van der Waals surface area contributed by atoms with E-state index in [1.54, 1.807) is 17.3 Å². The van der Waals surface area contributed by atoms with Crippen molar-refractivity contribution in [1.82, 2.24) is 9.88 Å². The van der Waals surface area contributed by atoms with Crippen molar-refractivity contribution < 1.29 is 9.53 Å². The molecule has 1 amide bonds. The number of rotatable bonds is 3. The Labute approximate surface area is 170 Å². The second-order valence-corrected chi connectivity index (χ2v) is 7.98. The van der Waals surface area contributed by atoms with Crippen molar-refractivity contribution in [2.75, 3.05) is 37.0 Å². The number of anilines is 1. The van der Waals surface area contributed by atoms with Crippen LogP contribution in [0.3, 0.4) is 0 Å². The topological polar surface area (TPSA) is 84.0 Å². The molecule has 150 valence electrons. The third kappa shape index (κ3) is 4.65. The first-order chi connectivity index (χ1) is 13.3. The van der Waals surface area contributed by atoms with Gasteiger partial charge in [-0.25, -0.2) is 9.79 Å². The summed E-state index contributed by atoms with van der Waals surface area (Å²) in [7, 11) is 0. The first-order valence-corrected chi connectivity index (χ1v) is 9.80. The number of pyridine rings is 1. The number of piperazine rings is 1. The Balaban J connectivity index is 1.80. The monoisotopic (exact) mass is 403 g/mol. The molecular weight excluding hydrogens is 378 g/mol. The van der Waals surface area contributed by atoms with E-state index in [0.717, 1.165) is 35.2 Å². The Morgan fingerprint density at radius 2 is 1.93 bits per heavy atom. The molecule has 7 nitrogen and oxygen atoms in total. The van der Waals surface area contributed by atoms with Crippen LogP contribution in [0.1, 0.15) is 20.8 Å². The number of benzene rings is 1. The van der Waals surface area contributed by atoms with Crippen molar-refractivity contribution >= 4 is 45.7 Å². The van der Waals surface area contributed by atoms with Gasteiger partial charge in [0.2, 0.25) is 0 Å². The van der Waals surface area contributed by atoms with Gasteiger partial charge in [0.15, 0.2) is 0 Å². The van der Waals surface area contributed by atoms with E-state index >= 15 is 0 Å². The smallest absolute Gasteiger partial charge is 0.410 e. The molecule has 0 aliphatic carbocycles. The quantitative estimate of drug-likeness (QED) is 0.481. The van der Waals surface area contributed by atoms with Crippen LogP contribution in [0.2, 0.25) is 0 Å². The molecule has 1 saturated heterocycles. The molecule has 0 bridgehead atoms. The molecule has 2 heterocycles. The number of amides is 1. The fourth-order valence-corrected chi connectivity index (χ4v) is 3.23. The van der Waals surface area contributed by atoms with E-state index in [4.69, 9.17) is 22.1 Å². The van der Waals surface area contributed by atoms with Gasteiger partial charge in [0.05, 0.1) is 11.6 Å². The zero-order valence-corrected chi connectivity index (χ0v) is 17.2. The Morgan fingerprint density at radius 3 is 2.57 bits per heavy atom. The van der Waals surface area contributed by atoms with Crippen molar-refractivity contribution in [3.05, 3.63) is 30.6 Å². The molecule has 3 rings (SSSR count). The Kier molecular flexibility index (Phi) is 5.93. The zero-order chi connectivity index (χ0) is 20.3. The minimum Gasteiger partial charge on any atom is -0.444 e. The highest BCUT2D eigenvalue weighted by atomic mass is 35.5. The highest BCUT2D eigenvalue weighted by Gasteiger charge is 2.26. The van der Waals surface area contributed by atoms with Gasteiger partial charge >= 0.3 is 6.09 Å². The molecule has 1 aliphatic heterocycles. The molecule has 1 aromatic carbocycles. The van der Waals surface area contributed by atoms with Gasteiger partial charge < -0.3 is 20.3 Å². The predicted molar refractivity (Wildman–Crippen MR) is 114 cm³/mol. The Hall–Kier alpha value is -2.54. The van der Waals surface area contributed by atoms with Crippen LogP contribution < -0.4 is 10.6 Å². The summed E-state index contributed by atoms with van der Waals surface area (Å²) in [5.74, 6) is 0.543. The molecule has 8 heteroatoms. The maximum absolute atomic E-state index is 12.3. The fourth-order valence-electron chi connectivity index (χ4n) is 3.17. The highest BCUT2D eigenvalue weighted by molar-refractivity contribution is 6.28. The number of halogens is 1. The number of aromatic nitrogens is 1. The van der Waals surface area contributed by atoms with Gasteiger partial charge in [-0.2, -0.15) is 0 Å². The van der Waals surface area contributed by atoms with E-state index < -0.39 is 5.60 Å². The number of nitrogens with zero attached hydrogens (tertiary/aromatic N) is 4. The summed E-state index contributed by atoms with van der Waals surface area (Å²) >= 11 is 5.76. The van der Waals surface area contributed by atoms with Crippen molar-refractivity contribution in [2.45, 2.75) is 26.4 Å². The van der Waals surface area contributed by atoms with E-state index in [-0.39, 0.29) is 12.0 Å². The average molecular weight is 404 g/mol. The number of amidine groups is 1. The van der Waals surface area contributed by atoms with Crippen molar-refractivity contribution in [3.63, 3.8) is 0 Å². The first kappa shape index (κ1) is 20.2. The summed E-state index contributed by atoms with van der Waals surface area (Å²) in [6.45, 7) is 8.31. The van der Waals surface area contributed by atoms with Gasteiger partial charge in [-0.3, -0.25) is 4.98 Å². The van der Waals surface area contributed by atoms with Crippen LogP contribution in [0.4, 0.5) is 16.2 Å². The van der Waals surface area contributed by atoms with Gasteiger partial charge in [0.25, 0.3) is 0 Å². The maximum atomic E-state index is 12.3. The van der Waals surface area contributed by atoms with Crippen LogP contribution in [0.5, 0.6) is 0 Å². The molecule has 28 heavy (non-hydrogen) atoms. The Morgan fingerprint density at radius 1 is 1.21 bits per heavy atom. The van der Waals surface area contributed by atoms with Gasteiger partial charge in [-0.1, -0.05) is 0 Å². The summed E-state index contributed by atoms with van der Waals surface area (Å²) in [4.78, 5) is 24.9. The summed E-state index contributed by atoms with van der Waals surface area (Å²) in [6.07, 6.45) is 3.29. The van der Waals surface area contributed by atoms with Gasteiger partial charge in [-0.05, 0) is 39.0 Å². The normalized spacial score (nSPS) is 15.8. The summed E-state index contributed by atoms with van der Waals surface area (Å²) in [5, 5.41) is 1.96. The molecule has 0 saturated carbocycles. The van der Waals surface area contributed by atoms with Crippen LogP contribution in [-0.2, 0) is 4.74 Å². The largest absolute Gasteiger partial charge is 0.444 e. The van der Waals surface area contributed by atoms with Crippen LogP contribution in [0.15, 0.2) is 35.6 Å². The van der Waals surface area contributed by atoms with Crippen molar-refractivity contribution in [1.29, 1.82) is 0 Å². The van der Waals surface area contributed by atoms with Gasteiger partial charge in [0, 0.05) is 55.0 Å². The molecule has 0 atom stereocenters. The van der Waals surface area contributed by atoms with Crippen molar-refractivity contribution in [3.8, 4) is 0 Å². The van der Waals surface area contributed by atoms with E-state index in [1.807, 2.05) is 39.0 Å². The predicted octanol–water partition coefficient (Wildman–Crippen LogP) is 3.52. The van der Waals surface area contributed by atoms with E-state index in [1.165, 1.54) is 0 Å². The molecule has 1 aliphatic rings. The third-order valence-electron chi connectivity index (χ3n) is 4.45. The fraction of sp³-hybridized carbons (Fsp3) is 0.450. The number of hydrogen-bond acceptors (Lipinski definition) is 5. The average Bonchev–Trinajstić information content (AvgIpc) is 2.67. The lowest BCUT2D eigenvalue weighted by atomic mass is 10.1. The first-order valence-electron chi connectivity index (χ1n) is 9.27. The number of ether oxygens (including phenoxy) is 1. The minimum absolute atomic E-state index is 0.177. The summed E-state index contributed by atoms with van der Waals surface area (Å²) in [5.41, 5.74) is 7.15. The molecule has 0 radical (unpaired) electrons. The SMILES string of the molecule is CC(C)(C)OC(=O)N1CCN(c2ccc(N=C(N)CCl)c3cnccc23)CC1. The number of aliphatic imine (C=N–C) groups is 1. The second-order valence-electron chi connectivity index (χ2n) is 7.72. The molecule has 2 aromatic rings. The Bertz CT molecular complexity index is 886. The number of hydrogen-bond donors (Lipinski definition) is 1. The molecule has 2 N–H and O–H groups in total. The lowest BCUT2D eigenvalue weighted by Crippen LogP contribution is -2.50. The van der Waals surface area contributed by atoms with Gasteiger partial charge in [-0.15, -0.1) is 11.6 Å². The van der Waals surface area contributed by atoms with Crippen LogP contribution in [0.25, 0.3) is 10.8 Å². The third-order valence-corrected chi connectivity index (χ3v) is 4.72. The molecule has 1 fully saturated rings. The number of carbonyl (C=O) groups is 1. The number of alkyl halides is 1. The second kappa shape index (κ2) is 8.22. The highest BCUT2D eigenvalue weighted by Crippen LogP contribution is 2.34. The van der Waals surface area contributed by atoms with Crippen molar-refractivity contribution in [2.24, 2.45) is 10.7 Å². The standard InChI is InChI=1S/C20H26ClN5O2/c1-20(2,3)28-19(27)26-10-8-25(9-11-26)17-5-4-16(24-18(22)12-21)15-13-23-7-6-14(15)17/h4-7,13H,8-12H2,1-3H3,(H2,22,24). The van der Waals surface area contributed by atoms with Gasteiger partial charge in [0.1, 0.15) is 11.4 Å². The van der Waals surface area contributed by atoms with E-state index in [9.17, 15) is 4.79 Å². The molecular formula is C20H26ClN5O2. The lowest BCUT2D eigenvalue weighted by Gasteiger charge is -2.37. The molecule has 0 spiro atoms. The lowest BCUT2D eigenvalue weighted by molar-refractivity contribution is 0.0240. The van der Waals surface area contributed by atoms with Crippen LogP contribution in [0, 0.1) is 0 Å². The maximum Gasteiger partial charge on any atom is 0.410 e. The summed E-state index contributed by atoms with van der Waals surface area (Å²) < 4.78 is 5.47. The number of fused-ring (bicyclic) bond motifs is 1.